The lowest BCUT2D eigenvalue weighted by molar-refractivity contribution is -0.122. The minimum absolute atomic E-state index is 0.111. The molecule has 124 valence electrons. The Hall–Kier alpha value is -2.82. The molecular formula is C19H20N2O3. The van der Waals surface area contributed by atoms with E-state index >= 15 is 0 Å². The fourth-order valence-corrected chi connectivity index (χ4v) is 2.44. The fourth-order valence-electron chi connectivity index (χ4n) is 2.44. The lowest BCUT2D eigenvalue weighted by atomic mass is 10.1. The minimum atomic E-state index is -0.211. The molecule has 2 amide bonds. The highest BCUT2D eigenvalue weighted by Crippen LogP contribution is 2.28. The number of rotatable bonds is 5. The van der Waals surface area contributed by atoms with Crippen molar-refractivity contribution >= 4 is 17.5 Å². The number of aryl methyl sites for hydroxylation is 1. The molecule has 2 aromatic rings. The first-order chi connectivity index (χ1) is 11.5. The van der Waals surface area contributed by atoms with Gasteiger partial charge in [-0.05, 0) is 61.2 Å². The van der Waals surface area contributed by atoms with Gasteiger partial charge in [-0.15, -0.1) is 0 Å². The molecule has 0 aliphatic heterocycles. The van der Waals surface area contributed by atoms with Gasteiger partial charge in [-0.1, -0.05) is 12.1 Å². The van der Waals surface area contributed by atoms with E-state index in [1.54, 1.807) is 24.3 Å². The third kappa shape index (κ3) is 3.93. The van der Waals surface area contributed by atoms with Gasteiger partial charge in [0.15, 0.2) is 0 Å². The molecule has 0 bridgehead atoms. The number of nitrogens with one attached hydrogen (secondary N) is 2. The predicted molar refractivity (Wildman–Crippen MR) is 91.8 cm³/mol. The Kier molecular flexibility index (Phi) is 4.51. The van der Waals surface area contributed by atoms with Crippen LogP contribution in [0.4, 0.5) is 5.69 Å². The second-order valence-electron chi connectivity index (χ2n) is 6.14. The lowest BCUT2D eigenvalue weighted by Crippen LogP contribution is -2.24. The highest BCUT2D eigenvalue weighted by atomic mass is 16.3. The Bertz CT molecular complexity index is 765. The lowest BCUT2D eigenvalue weighted by Gasteiger charge is -2.09. The summed E-state index contributed by atoms with van der Waals surface area (Å²) in [5, 5.41) is 15.1. The van der Waals surface area contributed by atoms with Crippen LogP contribution >= 0.6 is 0 Å². The maximum atomic E-state index is 12.3. The zero-order valence-corrected chi connectivity index (χ0v) is 13.5. The van der Waals surface area contributed by atoms with E-state index in [-0.39, 0.29) is 23.5 Å². The summed E-state index contributed by atoms with van der Waals surface area (Å²) in [6.45, 7) is 2.30. The van der Waals surface area contributed by atoms with Gasteiger partial charge in [-0.25, -0.2) is 0 Å². The van der Waals surface area contributed by atoms with Gasteiger partial charge in [0.2, 0.25) is 5.91 Å². The van der Waals surface area contributed by atoms with Crippen LogP contribution in [0.3, 0.4) is 0 Å². The van der Waals surface area contributed by atoms with Crippen LogP contribution in [0.5, 0.6) is 5.75 Å². The topological polar surface area (TPSA) is 78.4 Å². The van der Waals surface area contributed by atoms with Crippen molar-refractivity contribution in [3.8, 4) is 5.75 Å². The highest BCUT2D eigenvalue weighted by Gasteiger charge is 2.29. The smallest absolute Gasteiger partial charge is 0.255 e. The summed E-state index contributed by atoms with van der Waals surface area (Å²) in [4.78, 5) is 23.9. The number of hydrogen-bond donors (Lipinski definition) is 3. The van der Waals surface area contributed by atoms with Gasteiger partial charge in [-0.2, -0.15) is 0 Å². The first-order valence-corrected chi connectivity index (χ1v) is 8.00. The molecule has 0 atom stereocenters. The molecule has 0 unspecified atom stereocenters. The quantitative estimate of drug-likeness (QED) is 0.740. The van der Waals surface area contributed by atoms with Crippen molar-refractivity contribution in [1.29, 1.82) is 0 Å². The molecule has 0 heterocycles. The van der Waals surface area contributed by atoms with Crippen molar-refractivity contribution in [1.82, 2.24) is 5.32 Å². The fraction of sp³-hybridized carbons (Fsp3) is 0.263. The average Bonchev–Trinajstić information content (AvgIpc) is 3.40. The number of hydrogen-bond acceptors (Lipinski definition) is 3. The molecule has 1 aliphatic carbocycles. The van der Waals surface area contributed by atoms with Crippen molar-refractivity contribution in [3.63, 3.8) is 0 Å². The van der Waals surface area contributed by atoms with Crippen LogP contribution in [0.1, 0.15) is 34.3 Å². The third-order valence-corrected chi connectivity index (χ3v) is 4.09. The molecule has 1 aliphatic rings. The van der Waals surface area contributed by atoms with Crippen LogP contribution in [0.15, 0.2) is 42.5 Å². The number of benzene rings is 2. The van der Waals surface area contributed by atoms with Gasteiger partial charge in [0, 0.05) is 23.7 Å². The van der Waals surface area contributed by atoms with Crippen LogP contribution in [0.25, 0.3) is 0 Å². The third-order valence-electron chi connectivity index (χ3n) is 4.09. The summed E-state index contributed by atoms with van der Waals surface area (Å²) in [5.74, 6) is 0.267. The van der Waals surface area contributed by atoms with Crippen LogP contribution < -0.4 is 10.6 Å². The minimum Gasteiger partial charge on any atom is -0.508 e. The number of phenolic OH excluding ortho intramolecular Hbond substituents is 1. The van der Waals surface area contributed by atoms with Crippen molar-refractivity contribution in [2.24, 2.45) is 5.92 Å². The Morgan fingerprint density at radius 3 is 2.46 bits per heavy atom. The van der Waals surface area contributed by atoms with Crippen molar-refractivity contribution in [2.75, 3.05) is 5.32 Å². The molecular weight excluding hydrogens is 304 g/mol. The Morgan fingerprint density at radius 1 is 1.12 bits per heavy atom. The zero-order valence-electron chi connectivity index (χ0n) is 13.5. The normalized spacial score (nSPS) is 13.4. The van der Waals surface area contributed by atoms with E-state index in [1.807, 2.05) is 19.1 Å². The predicted octanol–water partition coefficient (Wildman–Crippen LogP) is 2.98. The van der Waals surface area contributed by atoms with E-state index < -0.39 is 0 Å². The molecule has 5 nitrogen and oxygen atoms in total. The van der Waals surface area contributed by atoms with Crippen LogP contribution in [-0.2, 0) is 11.3 Å². The van der Waals surface area contributed by atoms with Gasteiger partial charge in [-0.3, -0.25) is 9.59 Å². The Morgan fingerprint density at radius 2 is 1.83 bits per heavy atom. The van der Waals surface area contributed by atoms with E-state index in [0.29, 0.717) is 17.8 Å². The van der Waals surface area contributed by atoms with Crippen molar-refractivity contribution in [2.45, 2.75) is 26.3 Å². The van der Waals surface area contributed by atoms with Gasteiger partial charge in [0.1, 0.15) is 5.75 Å². The molecule has 0 radical (unpaired) electrons. The summed E-state index contributed by atoms with van der Waals surface area (Å²) >= 11 is 0. The Labute approximate surface area is 140 Å². The molecule has 24 heavy (non-hydrogen) atoms. The first kappa shape index (κ1) is 16.1. The average molecular weight is 324 g/mol. The largest absolute Gasteiger partial charge is 0.508 e. The summed E-state index contributed by atoms with van der Waals surface area (Å²) in [6.07, 6.45) is 1.98. The van der Waals surface area contributed by atoms with Gasteiger partial charge in [0.05, 0.1) is 0 Å². The number of carbonyl (C=O) groups excluding carboxylic acids is 2. The van der Waals surface area contributed by atoms with Crippen LogP contribution in [0, 0.1) is 12.8 Å². The molecule has 3 rings (SSSR count). The maximum Gasteiger partial charge on any atom is 0.255 e. The molecule has 1 saturated carbocycles. The number of carbonyl (C=O) groups is 2. The van der Waals surface area contributed by atoms with Crippen LogP contribution in [0.2, 0.25) is 0 Å². The van der Waals surface area contributed by atoms with Crippen molar-refractivity contribution < 1.29 is 14.7 Å². The monoisotopic (exact) mass is 324 g/mol. The van der Waals surface area contributed by atoms with E-state index in [2.05, 4.69) is 10.6 Å². The van der Waals surface area contributed by atoms with E-state index in [0.717, 1.165) is 24.0 Å². The number of anilines is 1. The van der Waals surface area contributed by atoms with Gasteiger partial charge < -0.3 is 15.7 Å². The summed E-state index contributed by atoms with van der Waals surface area (Å²) < 4.78 is 0. The second-order valence-corrected chi connectivity index (χ2v) is 6.14. The Balaban J connectivity index is 1.59. The number of phenols is 1. The van der Waals surface area contributed by atoms with E-state index in [9.17, 15) is 14.7 Å². The summed E-state index contributed by atoms with van der Waals surface area (Å²) in [5.41, 5.74) is 2.96. The molecule has 5 heteroatoms. The van der Waals surface area contributed by atoms with E-state index in [1.165, 1.54) is 6.07 Å². The SMILES string of the molecule is Cc1cc(O)ccc1NC(=O)c1ccc(CNC(=O)C2CC2)cc1. The zero-order chi connectivity index (χ0) is 17.1. The molecule has 0 saturated heterocycles. The standard InChI is InChI=1S/C19H20N2O3/c1-12-10-16(22)8-9-17(12)21-19(24)15-4-2-13(3-5-15)11-20-18(23)14-6-7-14/h2-5,8-10,14,22H,6-7,11H2,1H3,(H,20,23)(H,21,24). The molecule has 0 aromatic heterocycles. The van der Waals surface area contributed by atoms with E-state index in [4.69, 9.17) is 0 Å². The van der Waals surface area contributed by atoms with Gasteiger partial charge >= 0.3 is 0 Å². The summed E-state index contributed by atoms with van der Waals surface area (Å²) in [7, 11) is 0. The van der Waals surface area contributed by atoms with Gasteiger partial charge in [0.25, 0.3) is 5.91 Å². The molecule has 2 aromatic carbocycles. The molecule has 1 fully saturated rings. The van der Waals surface area contributed by atoms with Crippen molar-refractivity contribution in [3.05, 3.63) is 59.2 Å². The first-order valence-electron chi connectivity index (χ1n) is 8.00. The summed E-state index contributed by atoms with van der Waals surface area (Å²) in [6, 6.07) is 12.0. The molecule has 0 spiro atoms. The molecule has 3 N–H and O–H groups in total. The maximum absolute atomic E-state index is 12.3. The second kappa shape index (κ2) is 6.74. The highest BCUT2D eigenvalue weighted by molar-refractivity contribution is 6.04. The van der Waals surface area contributed by atoms with Crippen LogP contribution in [-0.4, -0.2) is 16.9 Å². The number of amides is 2. The number of aromatic hydroxyl groups is 1.